The van der Waals surface area contributed by atoms with Crippen LogP contribution in [-0.2, 0) is 20.3 Å². The van der Waals surface area contributed by atoms with Crippen molar-refractivity contribution in [2.45, 2.75) is 6.42 Å². The molecule has 1 rings (SSSR count). The molecule has 0 saturated heterocycles. The Morgan fingerprint density at radius 2 is 2.07 bits per heavy atom. The first-order valence-electron chi connectivity index (χ1n) is 4.05. The third kappa shape index (κ3) is 4.90. The number of Topliss-reactive ketones (excluding diaryl/α,β-unsaturated/α-hetero) is 1. The SMILES string of the molecule is O=C(Cc1cccc(F)c1)CS(=O)(=O)Cl. The summed E-state index contributed by atoms with van der Waals surface area (Å²) >= 11 is 0. The highest BCUT2D eigenvalue weighted by molar-refractivity contribution is 8.14. The fourth-order valence-corrected chi connectivity index (χ4v) is 1.97. The van der Waals surface area contributed by atoms with Crippen molar-refractivity contribution in [1.82, 2.24) is 0 Å². The van der Waals surface area contributed by atoms with Gasteiger partial charge in [0, 0.05) is 17.1 Å². The number of halogens is 2. The average Bonchev–Trinajstić information content (AvgIpc) is 1.99. The monoisotopic (exact) mass is 250 g/mol. The molecule has 0 bridgehead atoms. The van der Waals surface area contributed by atoms with Gasteiger partial charge >= 0.3 is 0 Å². The topological polar surface area (TPSA) is 51.2 Å². The Hall–Kier alpha value is -0.940. The Bertz CT molecular complexity index is 470. The minimum atomic E-state index is -3.82. The molecular weight excluding hydrogens is 243 g/mol. The summed E-state index contributed by atoms with van der Waals surface area (Å²) in [5, 5.41) is 0. The summed E-state index contributed by atoms with van der Waals surface area (Å²) in [6.45, 7) is 0. The highest BCUT2D eigenvalue weighted by Crippen LogP contribution is 2.06. The molecule has 3 nitrogen and oxygen atoms in total. The van der Waals surface area contributed by atoms with Gasteiger partial charge in [0.15, 0.2) is 5.78 Å². The summed E-state index contributed by atoms with van der Waals surface area (Å²) in [5.74, 6) is -1.75. The number of benzene rings is 1. The van der Waals surface area contributed by atoms with Crippen molar-refractivity contribution in [3.63, 3.8) is 0 Å². The van der Waals surface area contributed by atoms with Crippen LogP contribution in [0.1, 0.15) is 5.56 Å². The molecule has 0 aliphatic rings. The number of hydrogen-bond donors (Lipinski definition) is 0. The van der Waals surface area contributed by atoms with E-state index in [-0.39, 0.29) is 6.42 Å². The summed E-state index contributed by atoms with van der Waals surface area (Å²) in [6, 6.07) is 5.42. The number of carbonyl (C=O) groups excluding carboxylic acids is 1. The fraction of sp³-hybridized carbons (Fsp3) is 0.222. The molecule has 0 heterocycles. The summed E-state index contributed by atoms with van der Waals surface area (Å²) in [4.78, 5) is 11.2. The summed E-state index contributed by atoms with van der Waals surface area (Å²) in [5.41, 5.74) is 0.431. The number of carbonyl (C=O) groups is 1. The van der Waals surface area contributed by atoms with Crippen molar-refractivity contribution in [3.05, 3.63) is 35.6 Å². The van der Waals surface area contributed by atoms with E-state index >= 15 is 0 Å². The van der Waals surface area contributed by atoms with Gasteiger partial charge in [-0.2, -0.15) is 0 Å². The second-order valence-electron chi connectivity index (χ2n) is 3.03. The van der Waals surface area contributed by atoms with E-state index in [4.69, 9.17) is 10.7 Å². The molecule has 0 spiro atoms. The maximum absolute atomic E-state index is 12.7. The molecule has 1 aromatic carbocycles. The van der Waals surface area contributed by atoms with Crippen molar-refractivity contribution < 1.29 is 17.6 Å². The number of ketones is 1. The average molecular weight is 251 g/mol. The van der Waals surface area contributed by atoms with Crippen LogP contribution in [0.25, 0.3) is 0 Å². The van der Waals surface area contributed by atoms with Crippen LogP contribution in [0.4, 0.5) is 4.39 Å². The first-order chi connectivity index (χ1) is 6.87. The smallest absolute Gasteiger partial charge is 0.239 e. The third-order valence-electron chi connectivity index (χ3n) is 1.62. The standard InChI is InChI=1S/C9H8ClFO3S/c10-15(13,14)6-9(12)5-7-2-1-3-8(11)4-7/h1-4H,5-6H2. The van der Waals surface area contributed by atoms with Gasteiger partial charge in [-0.25, -0.2) is 12.8 Å². The summed E-state index contributed by atoms with van der Waals surface area (Å²) in [7, 11) is 1.08. The van der Waals surface area contributed by atoms with Gasteiger partial charge in [0.05, 0.1) is 0 Å². The van der Waals surface area contributed by atoms with Gasteiger partial charge in [0.1, 0.15) is 11.6 Å². The lowest BCUT2D eigenvalue weighted by Gasteiger charge is -1.99. The third-order valence-corrected chi connectivity index (χ3v) is 2.62. The maximum atomic E-state index is 12.7. The van der Waals surface area contributed by atoms with Crippen molar-refractivity contribution in [3.8, 4) is 0 Å². The first-order valence-corrected chi connectivity index (χ1v) is 6.53. The molecule has 0 N–H and O–H groups in total. The second kappa shape index (κ2) is 4.72. The van der Waals surface area contributed by atoms with E-state index in [0.717, 1.165) is 0 Å². The quantitative estimate of drug-likeness (QED) is 0.761. The van der Waals surface area contributed by atoms with E-state index in [1.165, 1.54) is 18.2 Å². The van der Waals surface area contributed by atoms with Crippen molar-refractivity contribution in [2.24, 2.45) is 0 Å². The predicted octanol–water partition coefficient (Wildman–Crippen LogP) is 1.51. The molecule has 0 saturated carbocycles. The molecule has 0 amide bonds. The second-order valence-corrected chi connectivity index (χ2v) is 5.81. The van der Waals surface area contributed by atoms with Crippen LogP contribution in [0.15, 0.2) is 24.3 Å². The maximum Gasteiger partial charge on any atom is 0.239 e. The van der Waals surface area contributed by atoms with Crippen molar-refractivity contribution in [1.29, 1.82) is 0 Å². The Morgan fingerprint density at radius 1 is 1.40 bits per heavy atom. The van der Waals surface area contributed by atoms with E-state index in [0.29, 0.717) is 5.56 Å². The van der Waals surface area contributed by atoms with Crippen LogP contribution in [0.2, 0.25) is 0 Å². The molecule has 82 valence electrons. The Balaban J connectivity index is 2.67. The predicted molar refractivity (Wildman–Crippen MR) is 54.8 cm³/mol. The van der Waals surface area contributed by atoms with Crippen LogP contribution in [0.5, 0.6) is 0 Å². The zero-order valence-corrected chi connectivity index (χ0v) is 9.18. The van der Waals surface area contributed by atoms with Gasteiger partial charge < -0.3 is 0 Å². The van der Waals surface area contributed by atoms with Gasteiger partial charge in [0.2, 0.25) is 9.05 Å². The molecule has 6 heteroatoms. The number of rotatable bonds is 4. The molecule has 1 aromatic rings. The normalized spacial score (nSPS) is 11.3. The largest absolute Gasteiger partial charge is 0.298 e. The zero-order chi connectivity index (χ0) is 11.5. The molecule has 0 fully saturated rings. The van der Waals surface area contributed by atoms with E-state index < -0.39 is 26.4 Å². The fourth-order valence-electron chi connectivity index (χ4n) is 1.12. The summed E-state index contributed by atoms with van der Waals surface area (Å²) in [6.07, 6.45) is -0.135. The minimum absolute atomic E-state index is 0.135. The molecule has 0 aromatic heterocycles. The molecule has 0 aliphatic carbocycles. The van der Waals surface area contributed by atoms with E-state index in [9.17, 15) is 17.6 Å². The van der Waals surface area contributed by atoms with E-state index in [1.807, 2.05) is 0 Å². The van der Waals surface area contributed by atoms with E-state index in [1.54, 1.807) is 6.07 Å². The minimum Gasteiger partial charge on any atom is -0.298 e. The lowest BCUT2D eigenvalue weighted by molar-refractivity contribution is -0.116. The van der Waals surface area contributed by atoms with Crippen LogP contribution in [-0.4, -0.2) is 20.0 Å². The van der Waals surface area contributed by atoms with Crippen LogP contribution in [0.3, 0.4) is 0 Å². The van der Waals surface area contributed by atoms with E-state index in [2.05, 4.69) is 0 Å². The van der Waals surface area contributed by atoms with Crippen LogP contribution in [0, 0.1) is 5.82 Å². The Morgan fingerprint density at radius 3 is 2.60 bits per heavy atom. The van der Waals surface area contributed by atoms with Gasteiger partial charge in [-0.05, 0) is 17.7 Å². The Kier molecular flexibility index (Phi) is 3.82. The highest BCUT2D eigenvalue weighted by Gasteiger charge is 2.13. The Labute approximate surface area is 91.3 Å². The van der Waals surface area contributed by atoms with Crippen molar-refractivity contribution >= 4 is 25.5 Å². The first kappa shape index (κ1) is 12.1. The van der Waals surface area contributed by atoms with Gasteiger partial charge in [-0.3, -0.25) is 4.79 Å². The number of hydrogen-bond acceptors (Lipinski definition) is 3. The lowest BCUT2D eigenvalue weighted by atomic mass is 10.1. The van der Waals surface area contributed by atoms with Crippen LogP contribution >= 0.6 is 10.7 Å². The highest BCUT2D eigenvalue weighted by atomic mass is 35.7. The molecule has 0 radical (unpaired) electrons. The molecule has 0 unspecified atom stereocenters. The molecule has 15 heavy (non-hydrogen) atoms. The van der Waals surface area contributed by atoms with Crippen LogP contribution < -0.4 is 0 Å². The molecule has 0 aliphatic heterocycles. The molecule has 0 atom stereocenters. The van der Waals surface area contributed by atoms with Gasteiger partial charge in [-0.15, -0.1) is 0 Å². The van der Waals surface area contributed by atoms with Gasteiger partial charge in [0.25, 0.3) is 0 Å². The lowest BCUT2D eigenvalue weighted by Crippen LogP contribution is -2.13. The zero-order valence-electron chi connectivity index (χ0n) is 7.61. The summed E-state index contributed by atoms with van der Waals surface area (Å²) < 4.78 is 33.8. The van der Waals surface area contributed by atoms with Crippen molar-refractivity contribution in [2.75, 3.05) is 5.75 Å². The van der Waals surface area contributed by atoms with Gasteiger partial charge in [-0.1, -0.05) is 12.1 Å². The molecular formula is C9H8ClFO3S.